The molecule has 1 fully saturated rings. The molecule has 0 N–H and O–H groups in total. The van der Waals surface area contributed by atoms with Crippen LogP contribution in [0, 0.1) is 0 Å². The van der Waals surface area contributed by atoms with E-state index in [0.717, 1.165) is 18.8 Å². The van der Waals surface area contributed by atoms with Gasteiger partial charge in [0.1, 0.15) is 4.90 Å². The zero-order valence-corrected chi connectivity index (χ0v) is 17.0. The minimum absolute atomic E-state index is 0. The number of nitrogens with zero attached hydrogens (tertiary/aromatic N) is 3. The average molecular weight is 365 g/mol. The van der Waals surface area contributed by atoms with Crippen molar-refractivity contribution >= 4 is 16.0 Å². The second kappa shape index (κ2) is 9.12. The van der Waals surface area contributed by atoms with Crippen LogP contribution in [0.4, 0.5) is 0 Å². The summed E-state index contributed by atoms with van der Waals surface area (Å²) in [5.41, 5.74) is -0.361. The second-order valence-corrected chi connectivity index (χ2v) is 7.02. The summed E-state index contributed by atoms with van der Waals surface area (Å²) >= 11 is 0. The number of pyridine rings is 1. The quantitative estimate of drug-likeness (QED) is 0.476. The van der Waals surface area contributed by atoms with Gasteiger partial charge < -0.3 is 19.5 Å². The number of hydrogen-bond donors (Lipinski definition) is 0. The number of ether oxygens (including phenoxy) is 1. The molecule has 0 atom stereocenters. The van der Waals surface area contributed by atoms with Crippen molar-refractivity contribution in [1.82, 2.24) is 14.2 Å². The fraction of sp³-hybridized carbons (Fsp3) is 0.571. The first-order chi connectivity index (χ1) is 10.9. The minimum atomic E-state index is -3.78. The van der Waals surface area contributed by atoms with Gasteiger partial charge in [-0.3, -0.25) is 0 Å². The smallest absolute Gasteiger partial charge is 0.545 e. The van der Waals surface area contributed by atoms with Crippen LogP contribution in [0.25, 0.3) is 0 Å². The third-order valence-corrected chi connectivity index (χ3v) is 5.61. The summed E-state index contributed by atoms with van der Waals surface area (Å²) in [7, 11) is -3.78. The van der Waals surface area contributed by atoms with Crippen molar-refractivity contribution < 1.29 is 52.6 Å². The molecule has 2 rings (SSSR count). The maximum atomic E-state index is 12.6. The zero-order chi connectivity index (χ0) is 17.0. The van der Waals surface area contributed by atoms with Gasteiger partial charge in [0, 0.05) is 26.2 Å². The van der Waals surface area contributed by atoms with Gasteiger partial charge in [0.05, 0.1) is 24.3 Å². The molecule has 0 aromatic carbocycles. The van der Waals surface area contributed by atoms with Gasteiger partial charge in [0.15, 0.2) is 0 Å². The topological polar surface area (TPSA) is 103 Å². The molecule has 0 bridgehead atoms. The molecule has 1 aliphatic rings. The zero-order valence-electron chi connectivity index (χ0n) is 14.2. The first kappa shape index (κ1) is 21.3. The average Bonchev–Trinajstić information content (AvgIpc) is 2.55. The molecule has 0 amide bonds. The standard InChI is InChI=1S/C14H21N3O5S.Na/c1-3-16-5-7-17(8-6-16)23(20,21)11-9-12(14(18)19)13(15-10-11)22-4-2;/h9-10H,3-8H2,1-2H3,(H,18,19);/q;+1/p-1. The minimum Gasteiger partial charge on any atom is -0.545 e. The predicted molar refractivity (Wildman–Crippen MR) is 80.6 cm³/mol. The van der Waals surface area contributed by atoms with Gasteiger partial charge in [-0.15, -0.1) is 0 Å². The maximum Gasteiger partial charge on any atom is 1.00 e. The summed E-state index contributed by atoms with van der Waals surface area (Å²) in [6.07, 6.45) is 1.12. The molecule has 0 saturated carbocycles. The van der Waals surface area contributed by atoms with Crippen LogP contribution < -0.4 is 39.4 Å². The van der Waals surface area contributed by atoms with E-state index in [9.17, 15) is 18.3 Å². The third kappa shape index (κ3) is 4.68. The van der Waals surface area contributed by atoms with Crippen molar-refractivity contribution in [2.45, 2.75) is 18.7 Å². The van der Waals surface area contributed by atoms with Crippen LogP contribution in [0.1, 0.15) is 24.2 Å². The number of aromatic carboxylic acids is 1. The van der Waals surface area contributed by atoms with E-state index in [1.807, 2.05) is 6.92 Å². The number of hydrogen-bond acceptors (Lipinski definition) is 7. The number of piperazine rings is 1. The number of carbonyl (C=O) groups excluding carboxylic acids is 1. The second-order valence-electron chi connectivity index (χ2n) is 5.08. The van der Waals surface area contributed by atoms with E-state index in [4.69, 9.17) is 4.74 Å². The van der Waals surface area contributed by atoms with E-state index in [1.165, 1.54) is 4.31 Å². The Balaban J connectivity index is 0.00000288. The first-order valence-electron chi connectivity index (χ1n) is 7.46. The molecule has 0 aliphatic carbocycles. The molecule has 128 valence electrons. The Labute approximate surface area is 164 Å². The molecular formula is C14H20N3NaO5S. The summed E-state index contributed by atoms with van der Waals surface area (Å²) < 4.78 is 31.7. The Hall–Kier alpha value is -0.710. The third-order valence-electron chi connectivity index (χ3n) is 3.74. The summed E-state index contributed by atoms with van der Waals surface area (Å²) in [4.78, 5) is 17.0. The molecule has 10 heteroatoms. The van der Waals surface area contributed by atoms with Crippen molar-refractivity contribution in [2.75, 3.05) is 39.3 Å². The van der Waals surface area contributed by atoms with Crippen LogP contribution >= 0.6 is 0 Å². The monoisotopic (exact) mass is 365 g/mol. The SMILES string of the molecule is CCOc1ncc(S(=O)(=O)N2CCN(CC)CC2)cc1C(=O)[O-].[Na+]. The Morgan fingerprint density at radius 3 is 2.42 bits per heavy atom. The van der Waals surface area contributed by atoms with E-state index in [-0.39, 0.29) is 52.5 Å². The molecule has 1 aliphatic heterocycles. The molecule has 1 saturated heterocycles. The van der Waals surface area contributed by atoms with Gasteiger partial charge in [-0.2, -0.15) is 4.31 Å². The molecule has 24 heavy (non-hydrogen) atoms. The van der Waals surface area contributed by atoms with Gasteiger partial charge in [-0.1, -0.05) is 6.92 Å². The summed E-state index contributed by atoms with van der Waals surface area (Å²) in [6, 6.07) is 1.05. The molecule has 2 heterocycles. The number of carboxylic acids is 1. The number of likely N-dealkylation sites (N-methyl/N-ethyl adjacent to an activating group) is 1. The van der Waals surface area contributed by atoms with Crippen molar-refractivity contribution in [2.24, 2.45) is 0 Å². The van der Waals surface area contributed by atoms with Crippen molar-refractivity contribution in [1.29, 1.82) is 0 Å². The molecule has 1 aromatic rings. The number of carboxylic acid groups (broad SMARTS) is 1. The number of carbonyl (C=O) groups is 1. The molecule has 0 spiro atoms. The van der Waals surface area contributed by atoms with Crippen LogP contribution in [0.5, 0.6) is 5.88 Å². The van der Waals surface area contributed by atoms with Crippen LogP contribution in [0.15, 0.2) is 17.2 Å². The van der Waals surface area contributed by atoms with E-state index in [1.54, 1.807) is 6.92 Å². The summed E-state index contributed by atoms with van der Waals surface area (Å²) in [5, 5.41) is 11.2. The van der Waals surface area contributed by atoms with Crippen molar-refractivity contribution in [3.8, 4) is 5.88 Å². The first-order valence-corrected chi connectivity index (χ1v) is 8.90. The van der Waals surface area contributed by atoms with Crippen molar-refractivity contribution in [3.05, 3.63) is 17.8 Å². The van der Waals surface area contributed by atoms with Gasteiger partial charge in [-0.25, -0.2) is 13.4 Å². The van der Waals surface area contributed by atoms with E-state index < -0.39 is 16.0 Å². The molecule has 0 unspecified atom stereocenters. The van der Waals surface area contributed by atoms with Gasteiger partial charge >= 0.3 is 29.6 Å². The molecular weight excluding hydrogens is 345 g/mol. The Morgan fingerprint density at radius 1 is 1.29 bits per heavy atom. The van der Waals surface area contributed by atoms with E-state index >= 15 is 0 Å². The van der Waals surface area contributed by atoms with Crippen LogP contribution in [-0.4, -0.2) is 67.9 Å². The number of rotatable bonds is 6. The van der Waals surface area contributed by atoms with Gasteiger partial charge in [-0.05, 0) is 19.5 Å². The largest absolute Gasteiger partial charge is 1.00 e. The van der Waals surface area contributed by atoms with Crippen LogP contribution in [0.3, 0.4) is 0 Å². The van der Waals surface area contributed by atoms with E-state index in [2.05, 4.69) is 9.88 Å². The van der Waals surface area contributed by atoms with Crippen LogP contribution in [0.2, 0.25) is 0 Å². The van der Waals surface area contributed by atoms with Gasteiger partial charge in [0.25, 0.3) is 0 Å². The van der Waals surface area contributed by atoms with Crippen LogP contribution in [-0.2, 0) is 10.0 Å². The molecule has 0 radical (unpaired) electrons. The fourth-order valence-electron chi connectivity index (χ4n) is 2.41. The van der Waals surface area contributed by atoms with Gasteiger partial charge in [0.2, 0.25) is 15.9 Å². The summed E-state index contributed by atoms with van der Waals surface area (Å²) in [6.45, 7) is 6.81. The summed E-state index contributed by atoms with van der Waals surface area (Å²) in [5.74, 6) is -1.66. The Kier molecular flexibility index (Phi) is 8.10. The number of aromatic nitrogens is 1. The van der Waals surface area contributed by atoms with Crippen molar-refractivity contribution in [3.63, 3.8) is 0 Å². The fourth-order valence-corrected chi connectivity index (χ4v) is 3.80. The number of sulfonamides is 1. The Bertz CT molecular complexity index is 675. The predicted octanol–water partition coefficient (Wildman–Crippen LogP) is -3.83. The normalized spacial score (nSPS) is 16.4. The Morgan fingerprint density at radius 2 is 1.92 bits per heavy atom. The molecule has 8 nitrogen and oxygen atoms in total. The maximum absolute atomic E-state index is 12.6. The van der Waals surface area contributed by atoms with E-state index in [0.29, 0.717) is 26.2 Å². The molecule has 1 aromatic heterocycles.